The zero-order valence-corrected chi connectivity index (χ0v) is 15.1. The lowest BCUT2D eigenvalue weighted by atomic mass is 10.2. The van der Waals surface area contributed by atoms with E-state index >= 15 is 0 Å². The minimum Gasteiger partial charge on any atom is -0.508 e. The molecule has 144 valence electrons. The summed E-state index contributed by atoms with van der Waals surface area (Å²) < 4.78 is 5.33. The molecule has 0 aliphatic carbocycles. The maximum Gasteiger partial charge on any atom is 0.329 e. The largest absolute Gasteiger partial charge is 0.508 e. The molecular formula is C20H19N3O5. The second kappa shape index (κ2) is 8.26. The second-order valence-electron chi connectivity index (χ2n) is 5.98. The van der Waals surface area contributed by atoms with Gasteiger partial charge in [-0.15, -0.1) is 0 Å². The Morgan fingerprint density at radius 1 is 1.21 bits per heavy atom. The van der Waals surface area contributed by atoms with Gasteiger partial charge in [0.25, 0.3) is 5.91 Å². The molecule has 0 bridgehead atoms. The summed E-state index contributed by atoms with van der Waals surface area (Å²) in [5, 5.41) is 14.6. The average molecular weight is 381 g/mol. The fraction of sp³-hybridized carbons (Fsp3) is 0.150. The number of urea groups is 1. The monoisotopic (exact) mass is 381 g/mol. The van der Waals surface area contributed by atoms with E-state index in [1.165, 1.54) is 18.2 Å². The molecule has 4 amide bonds. The Kier molecular flexibility index (Phi) is 5.59. The van der Waals surface area contributed by atoms with Gasteiger partial charge in [0.2, 0.25) is 5.91 Å². The zero-order valence-electron chi connectivity index (χ0n) is 15.1. The van der Waals surface area contributed by atoms with Gasteiger partial charge in [0.15, 0.2) is 0 Å². The highest BCUT2D eigenvalue weighted by molar-refractivity contribution is 6.15. The summed E-state index contributed by atoms with van der Waals surface area (Å²) in [7, 11) is 0. The first kappa shape index (κ1) is 19.0. The molecule has 1 saturated heterocycles. The van der Waals surface area contributed by atoms with Crippen LogP contribution in [0.2, 0.25) is 0 Å². The van der Waals surface area contributed by atoms with Gasteiger partial charge in [0.05, 0.1) is 6.61 Å². The van der Waals surface area contributed by atoms with Crippen LogP contribution in [0.5, 0.6) is 11.5 Å². The number of nitrogens with zero attached hydrogens (tertiary/aromatic N) is 1. The predicted octanol–water partition coefficient (Wildman–Crippen LogP) is 2.32. The van der Waals surface area contributed by atoms with Crippen molar-refractivity contribution < 1.29 is 24.2 Å². The Bertz CT molecular complexity index is 937. The van der Waals surface area contributed by atoms with Crippen molar-refractivity contribution in [2.45, 2.75) is 6.92 Å². The molecular weight excluding hydrogens is 362 g/mol. The minimum atomic E-state index is -0.682. The summed E-state index contributed by atoms with van der Waals surface area (Å²) in [6.07, 6.45) is 1.43. The molecule has 0 aromatic heterocycles. The Morgan fingerprint density at radius 2 is 1.96 bits per heavy atom. The molecule has 2 aromatic carbocycles. The van der Waals surface area contributed by atoms with E-state index in [0.717, 1.165) is 4.90 Å². The van der Waals surface area contributed by atoms with Crippen LogP contribution in [-0.2, 0) is 9.59 Å². The van der Waals surface area contributed by atoms with Crippen LogP contribution in [0.3, 0.4) is 0 Å². The molecule has 8 nitrogen and oxygen atoms in total. The van der Waals surface area contributed by atoms with E-state index in [1.807, 2.05) is 6.92 Å². The summed E-state index contributed by atoms with van der Waals surface area (Å²) in [6.45, 7) is 1.99. The Morgan fingerprint density at radius 3 is 2.64 bits per heavy atom. The smallest absolute Gasteiger partial charge is 0.329 e. The quantitative estimate of drug-likeness (QED) is 0.526. The summed E-state index contributed by atoms with van der Waals surface area (Å²) in [4.78, 5) is 37.5. The SMILES string of the molecule is CCOc1ccc(NC(=O)CN2C(=O)N/C(=C\c3cccc(O)c3)C2=O)cc1. The summed E-state index contributed by atoms with van der Waals surface area (Å²) in [6, 6.07) is 12.3. The molecule has 1 heterocycles. The number of imide groups is 1. The molecule has 1 fully saturated rings. The summed E-state index contributed by atoms with van der Waals surface area (Å²) >= 11 is 0. The van der Waals surface area contributed by atoms with Crippen LogP contribution in [0.15, 0.2) is 54.2 Å². The van der Waals surface area contributed by atoms with Crippen molar-refractivity contribution in [1.29, 1.82) is 0 Å². The van der Waals surface area contributed by atoms with Gasteiger partial charge in [-0.25, -0.2) is 9.69 Å². The van der Waals surface area contributed by atoms with Gasteiger partial charge >= 0.3 is 6.03 Å². The first-order valence-corrected chi connectivity index (χ1v) is 8.62. The van der Waals surface area contributed by atoms with Crippen molar-refractivity contribution in [3.05, 3.63) is 59.8 Å². The van der Waals surface area contributed by atoms with E-state index < -0.39 is 24.4 Å². The number of ether oxygens (including phenoxy) is 1. The first-order valence-electron chi connectivity index (χ1n) is 8.62. The van der Waals surface area contributed by atoms with Crippen molar-refractivity contribution in [2.24, 2.45) is 0 Å². The van der Waals surface area contributed by atoms with Crippen LogP contribution in [0.25, 0.3) is 6.08 Å². The second-order valence-corrected chi connectivity index (χ2v) is 5.98. The third kappa shape index (κ3) is 4.47. The molecule has 8 heteroatoms. The van der Waals surface area contributed by atoms with Gasteiger partial charge in [-0.05, 0) is 55.0 Å². The van der Waals surface area contributed by atoms with Crippen LogP contribution < -0.4 is 15.4 Å². The topological polar surface area (TPSA) is 108 Å². The van der Waals surface area contributed by atoms with E-state index in [9.17, 15) is 19.5 Å². The number of amides is 4. The lowest BCUT2D eigenvalue weighted by Gasteiger charge is -2.12. The van der Waals surface area contributed by atoms with Crippen LogP contribution in [-0.4, -0.2) is 41.0 Å². The van der Waals surface area contributed by atoms with Crippen LogP contribution in [0, 0.1) is 0 Å². The average Bonchev–Trinajstić information content (AvgIpc) is 2.91. The number of phenolic OH excluding ortho intramolecular Hbond substituents is 1. The number of phenols is 1. The lowest BCUT2D eigenvalue weighted by Crippen LogP contribution is -2.38. The number of carbonyl (C=O) groups excluding carboxylic acids is 3. The number of anilines is 1. The third-order valence-electron chi connectivity index (χ3n) is 3.89. The van der Waals surface area contributed by atoms with Crippen molar-refractivity contribution >= 4 is 29.6 Å². The first-order chi connectivity index (χ1) is 13.5. The highest BCUT2D eigenvalue weighted by atomic mass is 16.5. The van der Waals surface area contributed by atoms with E-state index in [0.29, 0.717) is 23.6 Å². The van der Waals surface area contributed by atoms with Gasteiger partial charge in [0, 0.05) is 5.69 Å². The molecule has 28 heavy (non-hydrogen) atoms. The van der Waals surface area contributed by atoms with Crippen molar-refractivity contribution in [2.75, 3.05) is 18.5 Å². The highest BCUT2D eigenvalue weighted by Crippen LogP contribution is 2.18. The van der Waals surface area contributed by atoms with Crippen LogP contribution >= 0.6 is 0 Å². The number of carbonyl (C=O) groups is 3. The minimum absolute atomic E-state index is 0.0319. The molecule has 1 aliphatic heterocycles. The molecule has 3 rings (SSSR count). The number of rotatable bonds is 6. The number of hydrogen-bond acceptors (Lipinski definition) is 5. The fourth-order valence-corrected chi connectivity index (χ4v) is 2.64. The van der Waals surface area contributed by atoms with E-state index in [4.69, 9.17) is 4.74 Å². The van der Waals surface area contributed by atoms with Crippen molar-refractivity contribution in [3.8, 4) is 11.5 Å². The lowest BCUT2D eigenvalue weighted by molar-refractivity contribution is -0.127. The van der Waals surface area contributed by atoms with E-state index in [2.05, 4.69) is 10.6 Å². The van der Waals surface area contributed by atoms with Crippen LogP contribution in [0.1, 0.15) is 12.5 Å². The molecule has 0 unspecified atom stereocenters. The molecule has 0 radical (unpaired) electrons. The maximum atomic E-state index is 12.4. The molecule has 1 aliphatic rings. The Balaban J connectivity index is 1.64. The zero-order chi connectivity index (χ0) is 20.1. The Labute approximate surface area is 161 Å². The molecule has 0 saturated carbocycles. The maximum absolute atomic E-state index is 12.4. The van der Waals surface area contributed by atoms with E-state index in [-0.39, 0.29) is 11.4 Å². The predicted molar refractivity (Wildman–Crippen MR) is 103 cm³/mol. The molecule has 0 spiro atoms. The molecule has 3 N–H and O–H groups in total. The number of benzene rings is 2. The summed E-state index contributed by atoms with van der Waals surface area (Å²) in [5.74, 6) is -0.407. The highest BCUT2D eigenvalue weighted by Gasteiger charge is 2.34. The van der Waals surface area contributed by atoms with Crippen LogP contribution in [0.4, 0.5) is 10.5 Å². The molecule has 0 atom stereocenters. The fourth-order valence-electron chi connectivity index (χ4n) is 2.64. The van der Waals surface area contributed by atoms with Gasteiger partial charge in [-0.2, -0.15) is 0 Å². The van der Waals surface area contributed by atoms with Crippen molar-refractivity contribution in [3.63, 3.8) is 0 Å². The summed E-state index contributed by atoms with van der Waals surface area (Å²) in [5.41, 5.74) is 1.10. The molecule has 2 aromatic rings. The number of aromatic hydroxyl groups is 1. The normalized spacial score (nSPS) is 14.9. The number of hydrogen-bond donors (Lipinski definition) is 3. The van der Waals surface area contributed by atoms with E-state index in [1.54, 1.807) is 36.4 Å². The van der Waals surface area contributed by atoms with Gasteiger partial charge in [-0.1, -0.05) is 12.1 Å². The Hall–Kier alpha value is -3.81. The van der Waals surface area contributed by atoms with Gasteiger partial charge in [0.1, 0.15) is 23.7 Å². The van der Waals surface area contributed by atoms with Crippen molar-refractivity contribution in [1.82, 2.24) is 10.2 Å². The van der Waals surface area contributed by atoms with Gasteiger partial charge in [-0.3, -0.25) is 9.59 Å². The number of nitrogens with one attached hydrogen (secondary N) is 2. The van der Waals surface area contributed by atoms with Gasteiger partial charge < -0.3 is 20.5 Å². The standard InChI is InChI=1S/C20H19N3O5/c1-2-28-16-8-6-14(7-9-16)21-18(25)12-23-19(26)17(22-20(23)27)11-13-4-3-5-15(24)10-13/h3-11,24H,2,12H2,1H3,(H,21,25)(H,22,27)/b17-11-. The third-order valence-corrected chi connectivity index (χ3v) is 3.89.